The number of benzene rings is 1. The van der Waals surface area contributed by atoms with E-state index >= 15 is 0 Å². The van der Waals surface area contributed by atoms with E-state index in [4.69, 9.17) is 5.73 Å². The van der Waals surface area contributed by atoms with Gasteiger partial charge in [0.2, 0.25) is 11.8 Å². The predicted molar refractivity (Wildman–Crippen MR) is 85.9 cm³/mol. The van der Waals surface area contributed by atoms with Crippen molar-refractivity contribution in [3.05, 3.63) is 28.2 Å². The molecule has 0 aliphatic carbocycles. The van der Waals surface area contributed by atoms with E-state index in [0.717, 1.165) is 41.5 Å². The van der Waals surface area contributed by atoms with Crippen molar-refractivity contribution in [2.75, 3.05) is 18.4 Å². The number of carbonyl (C=O) groups excluding carboxylic acids is 2. The summed E-state index contributed by atoms with van der Waals surface area (Å²) in [6.45, 7) is 2.87. The molecule has 0 bridgehead atoms. The molecule has 1 atom stereocenters. The van der Waals surface area contributed by atoms with E-state index in [1.54, 1.807) is 0 Å². The first-order valence-corrected chi connectivity index (χ1v) is 7.86. The number of rotatable bonds is 4. The fraction of sp³-hybridized carbons (Fsp3) is 0.467. The summed E-state index contributed by atoms with van der Waals surface area (Å²) in [7, 11) is 0. The Hall–Kier alpha value is -1.40. The average Bonchev–Trinajstić information content (AvgIpc) is 2.42. The zero-order valence-corrected chi connectivity index (χ0v) is 13.6. The molecule has 2 rings (SSSR count). The molecule has 5 nitrogen and oxygen atoms in total. The van der Waals surface area contributed by atoms with E-state index in [1.807, 2.05) is 30.0 Å². The molecule has 21 heavy (non-hydrogen) atoms. The highest BCUT2D eigenvalue weighted by atomic mass is 79.9. The number of likely N-dealkylation sites (tertiary alicyclic amines) is 1. The number of piperidine rings is 1. The molecule has 1 fully saturated rings. The number of aryl methyl sites for hydroxylation is 1. The van der Waals surface area contributed by atoms with E-state index in [9.17, 15) is 9.59 Å². The van der Waals surface area contributed by atoms with Crippen LogP contribution in [0.2, 0.25) is 0 Å². The molecule has 1 heterocycles. The van der Waals surface area contributed by atoms with Crippen molar-refractivity contribution < 1.29 is 9.59 Å². The Morgan fingerprint density at radius 3 is 2.86 bits per heavy atom. The molecule has 1 aliphatic rings. The molecular formula is C15H20BrN3O2. The number of nitrogens with zero attached hydrogens (tertiary/aromatic N) is 1. The minimum absolute atomic E-state index is 0.117. The largest absolute Gasteiger partial charge is 0.368 e. The molecule has 1 aromatic rings. The van der Waals surface area contributed by atoms with Crippen LogP contribution in [-0.2, 0) is 9.59 Å². The van der Waals surface area contributed by atoms with Gasteiger partial charge in [-0.25, -0.2) is 0 Å². The summed E-state index contributed by atoms with van der Waals surface area (Å²) < 4.78 is 0.975. The minimum atomic E-state index is -0.345. The Labute approximate surface area is 133 Å². The van der Waals surface area contributed by atoms with Gasteiger partial charge in [-0.1, -0.05) is 22.4 Å². The van der Waals surface area contributed by atoms with E-state index in [-0.39, 0.29) is 24.4 Å². The van der Waals surface area contributed by atoms with Crippen molar-refractivity contribution in [1.82, 2.24) is 4.90 Å². The Morgan fingerprint density at radius 1 is 1.43 bits per heavy atom. The van der Waals surface area contributed by atoms with Crippen LogP contribution in [-0.4, -0.2) is 35.8 Å². The standard InChI is InChI=1S/C15H20BrN3O2/c1-10-8-11(16)5-6-12(10)18-14(20)9-19-7-3-2-4-13(19)15(17)21/h5-6,8,13H,2-4,7,9H2,1H3,(H2,17,21)(H,18,20)/t13-/m1/s1. The molecule has 0 aromatic heterocycles. The summed E-state index contributed by atoms with van der Waals surface area (Å²) in [5.74, 6) is -0.462. The Kier molecular flexibility index (Phi) is 5.36. The van der Waals surface area contributed by atoms with Crippen molar-refractivity contribution >= 4 is 33.4 Å². The number of amides is 2. The number of anilines is 1. The zero-order chi connectivity index (χ0) is 15.4. The van der Waals surface area contributed by atoms with Crippen molar-refractivity contribution in [1.29, 1.82) is 0 Å². The summed E-state index contributed by atoms with van der Waals surface area (Å²) >= 11 is 3.39. The normalized spacial score (nSPS) is 19.2. The van der Waals surface area contributed by atoms with Gasteiger partial charge < -0.3 is 11.1 Å². The van der Waals surface area contributed by atoms with E-state index in [0.29, 0.717) is 0 Å². The fourth-order valence-electron chi connectivity index (χ4n) is 2.64. The monoisotopic (exact) mass is 353 g/mol. The average molecular weight is 354 g/mol. The molecule has 1 saturated heterocycles. The molecule has 1 aliphatic heterocycles. The topological polar surface area (TPSA) is 75.4 Å². The third-order valence-corrected chi connectivity index (χ3v) is 4.24. The zero-order valence-electron chi connectivity index (χ0n) is 12.1. The Balaban J connectivity index is 1.98. The first-order valence-electron chi connectivity index (χ1n) is 7.07. The summed E-state index contributed by atoms with van der Waals surface area (Å²) in [4.78, 5) is 25.5. The van der Waals surface area contributed by atoms with Crippen LogP contribution in [0.1, 0.15) is 24.8 Å². The molecule has 6 heteroatoms. The van der Waals surface area contributed by atoms with Crippen molar-refractivity contribution in [3.63, 3.8) is 0 Å². The molecule has 0 saturated carbocycles. The van der Waals surface area contributed by atoms with Gasteiger partial charge in [0.25, 0.3) is 0 Å². The lowest BCUT2D eigenvalue weighted by molar-refractivity contribution is -0.126. The van der Waals surface area contributed by atoms with E-state index in [2.05, 4.69) is 21.2 Å². The number of hydrogen-bond acceptors (Lipinski definition) is 3. The van der Waals surface area contributed by atoms with Gasteiger partial charge in [-0.2, -0.15) is 0 Å². The number of nitrogens with two attached hydrogens (primary N) is 1. The van der Waals surface area contributed by atoms with Crippen molar-refractivity contribution in [2.24, 2.45) is 5.73 Å². The maximum Gasteiger partial charge on any atom is 0.238 e. The minimum Gasteiger partial charge on any atom is -0.368 e. The molecule has 1 aromatic carbocycles. The van der Waals surface area contributed by atoms with Crippen LogP contribution in [0.3, 0.4) is 0 Å². The third kappa shape index (κ3) is 4.28. The molecule has 2 amide bonds. The van der Waals surface area contributed by atoms with E-state index in [1.165, 1.54) is 0 Å². The van der Waals surface area contributed by atoms with Crippen LogP contribution in [0.15, 0.2) is 22.7 Å². The number of hydrogen-bond donors (Lipinski definition) is 2. The number of carbonyl (C=O) groups is 2. The molecule has 3 N–H and O–H groups in total. The first-order chi connectivity index (χ1) is 9.97. The van der Waals surface area contributed by atoms with Gasteiger partial charge in [0.1, 0.15) is 0 Å². The van der Waals surface area contributed by atoms with Crippen molar-refractivity contribution in [3.8, 4) is 0 Å². The predicted octanol–water partition coefficient (Wildman–Crippen LogP) is 2.04. The first kappa shape index (κ1) is 16.0. The quantitative estimate of drug-likeness (QED) is 0.869. The van der Waals surface area contributed by atoms with Gasteiger partial charge in [0.05, 0.1) is 12.6 Å². The summed E-state index contributed by atoms with van der Waals surface area (Å²) in [6.07, 6.45) is 2.71. The lowest BCUT2D eigenvalue weighted by atomic mass is 10.0. The van der Waals surface area contributed by atoms with Crippen LogP contribution in [0.25, 0.3) is 0 Å². The maximum atomic E-state index is 12.2. The van der Waals surface area contributed by atoms with Crippen LogP contribution < -0.4 is 11.1 Å². The molecule has 0 unspecified atom stereocenters. The Morgan fingerprint density at radius 2 is 2.19 bits per heavy atom. The summed E-state index contributed by atoms with van der Waals surface area (Å²) in [5.41, 5.74) is 7.19. The molecule has 0 spiro atoms. The highest BCUT2D eigenvalue weighted by Gasteiger charge is 2.28. The highest BCUT2D eigenvalue weighted by molar-refractivity contribution is 9.10. The van der Waals surface area contributed by atoms with Crippen molar-refractivity contribution in [2.45, 2.75) is 32.2 Å². The SMILES string of the molecule is Cc1cc(Br)ccc1NC(=O)CN1CCCC[C@@H]1C(N)=O. The fourth-order valence-corrected chi connectivity index (χ4v) is 3.12. The van der Waals surface area contributed by atoms with Gasteiger partial charge >= 0.3 is 0 Å². The highest BCUT2D eigenvalue weighted by Crippen LogP contribution is 2.21. The van der Waals surface area contributed by atoms with Gasteiger partial charge in [0, 0.05) is 10.2 Å². The summed E-state index contributed by atoms with van der Waals surface area (Å²) in [5, 5.41) is 2.89. The second kappa shape index (κ2) is 7.04. The third-order valence-electron chi connectivity index (χ3n) is 3.75. The molecule has 0 radical (unpaired) electrons. The van der Waals surface area contributed by atoms with Gasteiger partial charge in [-0.05, 0) is 50.1 Å². The Bertz CT molecular complexity index is 548. The number of halogens is 1. The second-order valence-electron chi connectivity index (χ2n) is 5.39. The molecular weight excluding hydrogens is 334 g/mol. The van der Waals surface area contributed by atoms with Crippen LogP contribution in [0, 0.1) is 6.92 Å². The number of nitrogens with one attached hydrogen (secondary N) is 1. The van der Waals surface area contributed by atoms with Gasteiger partial charge in [0.15, 0.2) is 0 Å². The smallest absolute Gasteiger partial charge is 0.238 e. The van der Waals surface area contributed by atoms with Crippen LogP contribution in [0.4, 0.5) is 5.69 Å². The van der Waals surface area contributed by atoms with Gasteiger partial charge in [-0.15, -0.1) is 0 Å². The molecule has 114 valence electrons. The van der Waals surface area contributed by atoms with Crippen LogP contribution in [0.5, 0.6) is 0 Å². The summed E-state index contributed by atoms with van der Waals surface area (Å²) in [6, 6.07) is 5.37. The maximum absolute atomic E-state index is 12.2. The lowest BCUT2D eigenvalue weighted by Crippen LogP contribution is -2.50. The number of primary amides is 1. The van der Waals surface area contributed by atoms with E-state index < -0.39 is 0 Å². The van der Waals surface area contributed by atoms with Crippen LogP contribution >= 0.6 is 15.9 Å². The lowest BCUT2D eigenvalue weighted by Gasteiger charge is -2.32. The second-order valence-corrected chi connectivity index (χ2v) is 6.31. The van der Waals surface area contributed by atoms with Gasteiger partial charge in [-0.3, -0.25) is 14.5 Å².